The highest BCUT2D eigenvalue weighted by Gasteiger charge is 2.12. The first kappa shape index (κ1) is 25.1. The van der Waals surface area contributed by atoms with Crippen molar-refractivity contribution in [3.05, 3.63) is 29.6 Å². The third kappa shape index (κ3) is 10.5. The lowest BCUT2D eigenvalue weighted by atomic mass is 10.2. The minimum absolute atomic E-state index is 0.176. The molecule has 2 amide bonds. The molecule has 0 aliphatic heterocycles. The van der Waals surface area contributed by atoms with Gasteiger partial charge in [-0.15, -0.1) is 0 Å². The zero-order valence-electron chi connectivity index (χ0n) is 17.7. The van der Waals surface area contributed by atoms with Crippen LogP contribution in [0.2, 0.25) is 0 Å². The quantitative estimate of drug-likeness (QED) is 0.348. The van der Waals surface area contributed by atoms with Crippen LogP contribution < -0.4 is 10.6 Å². The second-order valence-corrected chi connectivity index (χ2v) is 6.69. The van der Waals surface area contributed by atoms with Gasteiger partial charge in [0.25, 0.3) is 11.8 Å². The molecule has 0 atom stereocenters. The van der Waals surface area contributed by atoms with E-state index in [2.05, 4.69) is 25.1 Å². The monoisotopic (exact) mass is 421 g/mol. The van der Waals surface area contributed by atoms with E-state index >= 15 is 0 Å². The van der Waals surface area contributed by atoms with Crippen molar-refractivity contribution in [1.29, 1.82) is 0 Å². The van der Waals surface area contributed by atoms with Crippen molar-refractivity contribution in [2.45, 2.75) is 51.4 Å². The van der Waals surface area contributed by atoms with Crippen LogP contribution >= 0.6 is 0 Å². The number of pyridine rings is 1. The number of nitrogens with zero attached hydrogens (tertiary/aromatic N) is 1. The molecule has 166 valence electrons. The zero-order valence-corrected chi connectivity index (χ0v) is 17.7. The van der Waals surface area contributed by atoms with E-state index in [1.54, 1.807) is 18.2 Å². The predicted octanol–water partition coefficient (Wildman–Crippen LogP) is 2.01. The number of amides is 2. The van der Waals surface area contributed by atoms with E-state index in [0.717, 1.165) is 25.7 Å². The van der Waals surface area contributed by atoms with Crippen LogP contribution in [0.25, 0.3) is 0 Å². The van der Waals surface area contributed by atoms with Crippen molar-refractivity contribution < 1.29 is 28.7 Å². The zero-order chi connectivity index (χ0) is 22.2. The fourth-order valence-corrected chi connectivity index (χ4v) is 2.62. The summed E-state index contributed by atoms with van der Waals surface area (Å²) >= 11 is 0. The van der Waals surface area contributed by atoms with Gasteiger partial charge in [-0.05, 0) is 37.8 Å². The molecule has 9 heteroatoms. The van der Waals surface area contributed by atoms with Crippen LogP contribution in [-0.2, 0) is 19.1 Å². The smallest absolute Gasteiger partial charge is 0.305 e. The van der Waals surface area contributed by atoms with Gasteiger partial charge in [-0.2, -0.15) is 0 Å². The number of unbranched alkanes of at least 4 members (excludes halogenated alkanes) is 4. The Labute approximate surface area is 176 Å². The third-order valence-electron chi connectivity index (χ3n) is 4.36. The number of aromatic nitrogens is 1. The second kappa shape index (κ2) is 14.9. The van der Waals surface area contributed by atoms with Crippen molar-refractivity contribution in [3.8, 4) is 0 Å². The van der Waals surface area contributed by atoms with E-state index in [-0.39, 0.29) is 35.1 Å². The fraction of sp³-hybridized carbons (Fsp3) is 0.571. The van der Waals surface area contributed by atoms with Crippen molar-refractivity contribution in [2.24, 2.45) is 0 Å². The fourth-order valence-electron chi connectivity index (χ4n) is 2.62. The van der Waals surface area contributed by atoms with E-state index in [1.807, 2.05) is 0 Å². The van der Waals surface area contributed by atoms with Gasteiger partial charge in [0.2, 0.25) is 0 Å². The van der Waals surface area contributed by atoms with E-state index in [9.17, 15) is 19.2 Å². The Hall–Kier alpha value is -2.97. The molecule has 0 aliphatic carbocycles. The maximum Gasteiger partial charge on any atom is 0.305 e. The number of methoxy groups -OCH3 is 2. The van der Waals surface area contributed by atoms with Crippen molar-refractivity contribution >= 4 is 23.8 Å². The van der Waals surface area contributed by atoms with Crippen LogP contribution in [-0.4, -0.2) is 56.0 Å². The molecular weight excluding hydrogens is 390 g/mol. The molecule has 0 unspecified atom stereocenters. The average Bonchev–Trinajstić information content (AvgIpc) is 2.77. The molecule has 1 aromatic rings. The predicted molar refractivity (Wildman–Crippen MR) is 110 cm³/mol. The SMILES string of the molecule is COC(=O)CCCCCNC(=O)c1cccc(C(=O)NCCCCCC(=O)OC)n1. The van der Waals surface area contributed by atoms with Gasteiger partial charge in [-0.1, -0.05) is 18.9 Å². The summed E-state index contributed by atoms with van der Waals surface area (Å²) in [5.41, 5.74) is 0.352. The number of carbonyl (C=O) groups is 4. The van der Waals surface area contributed by atoms with Crippen LogP contribution in [0.1, 0.15) is 72.3 Å². The highest BCUT2D eigenvalue weighted by Crippen LogP contribution is 2.03. The molecule has 30 heavy (non-hydrogen) atoms. The summed E-state index contributed by atoms with van der Waals surface area (Å²) < 4.78 is 9.14. The lowest BCUT2D eigenvalue weighted by molar-refractivity contribution is -0.141. The molecule has 2 N–H and O–H groups in total. The van der Waals surface area contributed by atoms with Gasteiger partial charge in [0, 0.05) is 25.9 Å². The number of carbonyl (C=O) groups excluding carboxylic acids is 4. The molecule has 1 rings (SSSR count). The van der Waals surface area contributed by atoms with Crippen LogP contribution in [0, 0.1) is 0 Å². The van der Waals surface area contributed by atoms with E-state index in [1.165, 1.54) is 14.2 Å². The van der Waals surface area contributed by atoms with Gasteiger partial charge >= 0.3 is 11.9 Å². The molecule has 1 aromatic heterocycles. The molecule has 0 radical (unpaired) electrons. The Balaban J connectivity index is 2.30. The Bertz CT molecular complexity index is 652. The molecule has 0 saturated carbocycles. The summed E-state index contributed by atoms with van der Waals surface area (Å²) in [7, 11) is 2.72. The van der Waals surface area contributed by atoms with Crippen LogP contribution in [0.4, 0.5) is 0 Å². The standard InChI is InChI=1S/C21H31N3O6/c1-29-18(25)12-5-3-7-14-22-20(27)16-10-9-11-17(24-16)21(28)23-15-8-4-6-13-19(26)30-2/h9-11H,3-8,12-15H2,1-2H3,(H,22,27)(H,23,28). The summed E-state index contributed by atoms with van der Waals surface area (Å²) in [6, 6.07) is 4.72. The van der Waals surface area contributed by atoms with E-state index in [4.69, 9.17) is 0 Å². The maximum atomic E-state index is 12.2. The van der Waals surface area contributed by atoms with Gasteiger partial charge in [0.15, 0.2) is 0 Å². The molecule has 0 fully saturated rings. The summed E-state index contributed by atoms with van der Waals surface area (Å²) in [6.07, 6.45) is 5.22. The summed E-state index contributed by atoms with van der Waals surface area (Å²) in [5.74, 6) is -1.17. The first-order valence-electron chi connectivity index (χ1n) is 10.1. The number of nitrogens with one attached hydrogen (secondary N) is 2. The molecule has 0 aliphatic rings. The van der Waals surface area contributed by atoms with E-state index < -0.39 is 0 Å². The minimum Gasteiger partial charge on any atom is -0.469 e. The molecule has 0 saturated heterocycles. The first-order chi connectivity index (χ1) is 14.5. The molecular formula is C21H31N3O6. The largest absolute Gasteiger partial charge is 0.469 e. The summed E-state index contributed by atoms with van der Waals surface area (Å²) in [4.78, 5) is 50.6. The van der Waals surface area contributed by atoms with E-state index in [0.29, 0.717) is 38.8 Å². The van der Waals surface area contributed by atoms with Crippen LogP contribution in [0.3, 0.4) is 0 Å². The van der Waals surface area contributed by atoms with Gasteiger partial charge in [0.1, 0.15) is 11.4 Å². The Morgan fingerprint density at radius 1 is 0.733 bits per heavy atom. The van der Waals surface area contributed by atoms with Gasteiger partial charge in [-0.3, -0.25) is 19.2 Å². The van der Waals surface area contributed by atoms with Gasteiger partial charge in [-0.25, -0.2) is 4.98 Å². The summed E-state index contributed by atoms with van der Waals surface area (Å²) in [6.45, 7) is 0.924. The van der Waals surface area contributed by atoms with Crippen LogP contribution in [0.5, 0.6) is 0 Å². The lowest BCUT2D eigenvalue weighted by Gasteiger charge is -2.07. The molecule has 1 heterocycles. The lowest BCUT2D eigenvalue weighted by Crippen LogP contribution is -2.28. The molecule has 0 aromatic carbocycles. The number of hydrogen-bond acceptors (Lipinski definition) is 7. The number of esters is 2. The topological polar surface area (TPSA) is 124 Å². The average molecular weight is 421 g/mol. The van der Waals surface area contributed by atoms with Crippen molar-refractivity contribution in [1.82, 2.24) is 15.6 Å². The minimum atomic E-state index is -0.347. The highest BCUT2D eigenvalue weighted by molar-refractivity contribution is 5.96. The number of ether oxygens (including phenoxy) is 2. The maximum absolute atomic E-state index is 12.2. The Kier molecular flexibility index (Phi) is 12.5. The van der Waals surface area contributed by atoms with Gasteiger partial charge < -0.3 is 20.1 Å². The van der Waals surface area contributed by atoms with Crippen LogP contribution in [0.15, 0.2) is 18.2 Å². The number of rotatable bonds is 14. The van der Waals surface area contributed by atoms with Crippen molar-refractivity contribution in [2.75, 3.05) is 27.3 Å². The van der Waals surface area contributed by atoms with Gasteiger partial charge in [0.05, 0.1) is 14.2 Å². The molecule has 9 nitrogen and oxygen atoms in total. The Morgan fingerprint density at radius 2 is 1.17 bits per heavy atom. The molecule has 0 bridgehead atoms. The second-order valence-electron chi connectivity index (χ2n) is 6.69. The highest BCUT2D eigenvalue weighted by atomic mass is 16.5. The Morgan fingerprint density at radius 3 is 1.57 bits per heavy atom. The first-order valence-corrected chi connectivity index (χ1v) is 10.1. The summed E-state index contributed by atoms with van der Waals surface area (Å²) in [5, 5.41) is 5.52. The normalized spacial score (nSPS) is 10.2. The number of hydrogen-bond donors (Lipinski definition) is 2. The third-order valence-corrected chi connectivity index (χ3v) is 4.36. The van der Waals surface area contributed by atoms with Crippen molar-refractivity contribution in [3.63, 3.8) is 0 Å². The molecule has 0 spiro atoms.